The van der Waals surface area contributed by atoms with Crippen molar-refractivity contribution < 1.29 is 0 Å². The molecule has 1 saturated heterocycles. The summed E-state index contributed by atoms with van der Waals surface area (Å²) in [5.41, 5.74) is 1.55. The molecule has 2 aliphatic rings. The van der Waals surface area contributed by atoms with E-state index in [1.165, 1.54) is 50.6 Å². The van der Waals surface area contributed by atoms with E-state index in [0.717, 1.165) is 19.1 Å². The Bertz CT molecular complexity index is 409. The van der Waals surface area contributed by atoms with Crippen molar-refractivity contribution in [1.82, 2.24) is 10.2 Å². The fourth-order valence-corrected chi connectivity index (χ4v) is 3.95. The van der Waals surface area contributed by atoms with Crippen LogP contribution in [0.5, 0.6) is 0 Å². The molecular formula is C18H28N2. The van der Waals surface area contributed by atoms with E-state index in [0.29, 0.717) is 0 Å². The van der Waals surface area contributed by atoms with Crippen LogP contribution in [0.2, 0.25) is 0 Å². The molecule has 0 aromatic heterocycles. The van der Waals surface area contributed by atoms with Gasteiger partial charge in [0.15, 0.2) is 0 Å². The van der Waals surface area contributed by atoms with Crippen LogP contribution in [0.25, 0.3) is 0 Å². The van der Waals surface area contributed by atoms with Gasteiger partial charge in [-0.2, -0.15) is 0 Å². The highest BCUT2D eigenvalue weighted by molar-refractivity contribution is 5.25. The number of benzene rings is 1. The molecule has 0 bridgehead atoms. The first kappa shape index (κ1) is 14.1. The first-order chi connectivity index (χ1) is 9.78. The number of piperazine rings is 1. The summed E-state index contributed by atoms with van der Waals surface area (Å²) in [5, 5.41) is 3.75. The number of rotatable bonds is 2. The predicted molar refractivity (Wildman–Crippen MR) is 84.9 cm³/mol. The molecule has 2 heteroatoms. The Balaban J connectivity index is 1.72. The highest BCUT2D eigenvalue weighted by atomic mass is 15.2. The molecular weight excluding hydrogens is 244 g/mol. The number of hydrogen-bond donors (Lipinski definition) is 1. The second kappa shape index (κ2) is 6.28. The van der Waals surface area contributed by atoms with Gasteiger partial charge in [0.25, 0.3) is 0 Å². The van der Waals surface area contributed by atoms with E-state index in [1.54, 1.807) is 0 Å². The highest BCUT2D eigenvalue weighted by Crippen LogP contribution is 2.29. The molecule has 1 aliphatic heterocycles. The van der Waals surface area contributed by atoms with Crippen molar-refractivity contribution in [2.45, 2.75) is 57.0 Å². The van der Waals surface area contributed by atoms with Crippen molar-refractivity contribution in [3.63, 3.8) is 0 Å². The minimum atomic E-state index is 0.117. The molecule has 0 radical (unpaired) electrons. The van der Waals surface area contributed by atoms with E-state index in [4.69, 9.17) is 0 Å². The van der Waals surface area contributed by atoms with Gasteiger partial charge < -0.3 is 5.32 Å². The van der Waals surface area contributed by atoms with Crippen molar-refractivity contribution >= 4 is 0 Å². The molecule has 1 unspecified atom stereocenters. The maximum absolute atomic E-state index is 3.75. The molecule has 2 fully saturated rings. The normalized spacial score (nSPS) is 30.1. The number of nitrogens with one attached hydrogen (secondary N) is 1. The van der Waals surface area contributed by atoms with E-state index >= 15 is 0 Å². The fraction of sp³-hybridized carbons (Fsp3) is 0.667. The molecule has 3 rings (SSSR count). The summed E-state index contributed by atoms with van der Waals surface area (Å²) in [5.74, 6) is 0. The van der Waals surface area contributed by atoms with Gasteiger partial charge in [-0.15, -0.1) is 0 Å². The van der Waals surface area contributed by atoms with Crippen molar-refractivity contribution in [2.24, 2.45) is 0 Å². The van der Waals surface area contributed by atoms with Gasteiger partial charge in [0.2, 0.25) is 0 Å². The molecule has 1 aliphatic carbocycles. The molecule has 1 heterocycles. The van der Waals surface area contributed by atoms with Crippen LogP contribution in [0.3, 0.4) is 0 Å². The van der Waals surface area contributed by atoms with E-state index in [-0.39, 0.29) is 5.54 Å². The third kappa shape index (κ3) is 3.07. The average Bonchev–Trinajstić information content (AvgIpc) is 2.77. The summed E-state index contributed by atoms with van der Waals surface area (Å²) >= 11 is 0. The zero-order chi connectivity index (χ0) is 13.8. The standard InChI is InChI=1S/C18H28N2/c1-18(16-9-5-4-6-10-16)15-20(14-13-19-18)17-11-7-2-3-8-12-17/h4-6,9-10,17,19H,2-3,7-8,11-15H2,1H3. The molecule has 20 heavy (non-hydrogen) atoms. The molecule has 1 atom stereocenters. The molecule has 0 amide bonds. The number of hydrogen-bond acceptors (Lipinski definition) is 2. The summed E-state index contributed by atoms with van der Waals surface area (Å²) in [7, 11) is 0. The third-order valence-corrected chi connectivity index (χ3v) is 5.19. The smallest absolute Gasteiger partial charge is 0.0535 e. The fourth-order valence-electron chi connectivity index (χ4n) is 3.95. The molecule has 1 aromatic rings. The Morgan fingerprint density at radius 2 is 1.75 bits per heavy atom. The van der Waals surface area contributed by atoms with Crippen LogP contribution in [-0.2, 0) is 5.54 Å². The summed E-state index contributed by atoms with van der Waals surface area (Å²) in [6, 6.07) is 11.8. The van der Waals surface area contributed by atoms with Gasteiger partial charge in [-0.05, 0) is 25.3 Å². The monoisotopic (exact) mass is 272 g/mol. The van der Waals surface area contributed by atoms with Gasteiger partial charge in [0.05, 0.1) is 5.54 Å². The van der Waals surface area contributed by atoms with Crippen molar-refractivity contribution in [1.29, 1.82) is 0 Å². The largest absolute Gasteiger partial charge is 0.305 e. The van der Waals surface area contributed by atoms with Crippen LogP contribution < -0.4 is 5.32 Å². The van der Waals surface area contributed by atoms with Gasteiger partial charge in [-0.25, -0.2) is 0 Å². The number of nitrogens with zero attached hydrogens (tertiary/aromatic N) is 1. The first-order valence-corrected chi connectivity index (χ1v) is 8.32. The first-order valence-electron chi connectivity index (χ1n) is 8.32. The van der Waals surface area contributed by atoms with E-state index < -0.39 is 0 Å². The van der Waals surface area contributed by atoms with Crippen LogP contribution in [0.15, 0.2) is 30.3 Å². The lowest BCUT2D eigenvalue weighted by Crippen LogP contribution is -2.58. The Morgan fingerprint density at radius 3 is 2.45 bits per heavy atom. The van der Waals surface area contributed by atoms with Gasteiger partial charge in [0.1, 0.15) is 0 Å². The second-order valence-electron chi connectivity index (χ2n) is 6.74. The lowest BCUT2D eigenvalue weighted by atomic mass is 9.88. The SMILES string of the molecule is CC1(c2ccccc2)CN(C2CCCCCC2)CCN1. The van der Waals surface area contributed by atoms with Crippen LogP contribution in [-0.4, -0.2) is 30.6 Å². The van der Waals surface area contributed by atoms with Crippen molar-refractivity contribution in [2.75, 3.05) is 19.6 Å². The molecule has 2 nitrogen and oxygen atoms in total. The Morgan fingerprint density at radius 1 is 1.05 bits per heavy atom. The van der Waals surface area contributed by atoms with E-state index in [9.17, 15) is 0 Å². The van der Waals surface area contributed by atoms with Gasteiger partial charge in [-0.1, -0.05) is 56.0 Å². The summed E-state index contributed by atoms with van der Waals surface area (Å²) in [6.07, 6.45) is 8.56. The molecule has 0 spiro atoms. The minimum absolute atomic E-state index is 0.117. The molecule has 1 saturated carbocycles. The zero-order valence-electron chi connectivity index (χ0n) is 12.8. The minimum Gasteiger partial charge on any atom is -0.305 e. The molecule has 1 aromatic carbocycles. The average molecular weight is 272 g/mol. The highest BCUT2D eigenvalue weighted by Gasteiger charge is 2.34. The predicted octanol–water partition coefficient (Wildman–Crippen LogP) is 3.53. The summed E-state index contributed by atoms with van der Waals surface area (Å²) in [4.78, 5) is 2.76. The summed E-state index contributed by atoms with van der Waals surface area (Å²) < 4.78 is 0. The zero-order valence-corrected chi connectivity index (χ0v) is 12.8. The second-order valence-corrected chi connectivity index (χ2v) is 6.74. The van der Waals surface area contributed by atoms with Crippen LogP contribution in [0.1, 0.15) is 51.0 Å². The Hall–Kier alpha value is -0.860. The topological polar surface area (TPSA) is 15.3 Å². The molecule has 110 valence electrons. The Kier molecular flexibility index (Phi) is 4.42. The maximum Gasteiger partial charge on any atom is 0.0535 e. The van der Waals surface area contributed by atoms with Gasteiger partial charge in [0, 0.05) is 25.7 Å². The molecule has 1 N–H and O–H groups in total. The van der Waals surface area contributed by atoms with Gasteiger partial charge in [-0.3, -0.25) is 4.90 Å². The van der Waals surface area contributed by atoms with Crippen molar-refractivity contribution in [3.8, 4) is 0 Å². The lowest BCUT2D eigenvalue weighted by molar-refractivity contribution is 0.0910. The van der Waals surface area contributed by atoms with E-state index in [1.807, 2.05) is 0 Å². The quantitative estimate of drug-likeness (QED) is 0.829. The third-order valence-electron chi connectivity index (χ3n) is 5.19. The van der Waals surface area contributed by atoms with Crippen LogP contribution in [0.4, 0.5) is 0 Å². The van der Waals surface area contributed by atoms with Gasteiger partial charge >= 0.3 is 0 Å². The van der Waals surface area contributed by atoms with Crippen LogP contribution >= 0.6 is 0 Å². The summed E-state index contributed by atoms with van der Waals surface area (Å²) in [6.45, 7) is 5.85. The maximum atomic E-state index is 3.75. The van der Waals surface area contributed by atoms with Crippen LogP contribution in [0, 0.1) is 0 Å². The van der Waals surface area contributed by atoms with Crippen molar-refractivity contribution in [3.05, 3.63) is 35.9 Å². The van der Waals surface area contributed by atoms with E-state index in [2.05, 4.69) is 47.5 Å². The Labute approximate surface area is 123 Å². The lowest BCUT2D eigenvalue weighted by Gasteiger charge is -2.45.